The molecule has 1 unspecified atom stereocenters. The predicted molar refractivity (Wildman–Crippen MR) is 118 cm³/mol. The number of aliphatic imine (C=N–C) groups is 1. The second kappa shape index (κ2) is 10.7. The quantitative estimate of drug-likeness (QED) is 0.425. The minimum Gasteiger partial charge on any atom is -0.357 e. The van der Waals surface area contributed by atoms with Gasteiger partial charge in [0.25, 0.3) is 0 Å². The lowest BCUT2D eigenvalue weighted by Crippen LogP contribution is -2.39. The van der Waals surface area contributed by atoms with Gasteiger partial charge in [-0.25, -0.2) is 9.98 Å². The highest BCUT2D eigenvalue weighted by Gasteiger charge is 2.08. The van der Waals surface area contributed by atoms with Gasteiger partial charge in [-0.15, -0.1) is 11.3 Å². The van der Waals surface area contributed by atoms with Gasteiger partial charge in [0.1, 0.15) is 12.4 Å². The summed E-state index contributed by atoms with van der Waals surface area (Å²) in [5.74, 6) is 2.28. The average Bonchev–Trinajstić information content (AvgIpc) is 3.41. The van der Waals surface area contributed by atoms with Gasteiger partial charge in [0.2, 0.25) is 0 Å². The molecule has 0 aliphatic carbocycles. The second-order valence-electron chi connectivity index (χ2n) is 6.76. The van der Waals surface area contributed by atoms with Gasteiger partial charge in [-0.05, 0) is 30.4 Å². The molecule has 1 aromatic carbocycles. The van der Waals surface area contributed by atoms with Crippen LogP contribution >= 0.6 is 11.3 Å². The number of nitrogens with zero attached hydrogens (tertiary/aromatic N) is 3. The van der Waals surface area contributed by atoms with Gasteiger partial charge >= 0.3 is 0 Å². The smallest absolute Gasteiger partial charge is 0.191 e. The fourth-order valence-electron chi connectivity index (χ4n) is 3.00. The number of nitrogens with one attached hydrogen (secondary N) is 2. The molecule has 0 aliphatic rings. The Balaban J connectivity index is 1.56. The zero-order valence-electron chi connectivity index (χ0n) is 16.6. The summed E-state index contributed by atoms with van der Waals surface area (Å²) in [6, 6.07) is 14.8. The topological polar surface area (TPSA) is 54.2 Å². The Morgan fingerprint density at radius 2 is 2.04 bits per heavy atom. The zero-order chi connectivity index (χ0) is 19.6. The van der Waals surface area contributed by atoms with Crippen molar-refractivity contribution in [3.8, 4) is 0 Å². The third-order valence-corrected chi connectivity index (χ3v) is 5.72. The molecule has 0 radical (unpaired) electrons. The highest BCUT2D eigenvalue weighted by atomic mass is 32.1. The second-order valence-corrected chi connectivity index (χ2v) is 7.74. The molecule has 5 nitrogen and oxygen atoms in total. The molecule has 0 spiro atoms. The van der Waals surface area contributed by atoms with Gasteiger partial charge in [0, 0.05) is 42.8 Å². The molecule has 148 valence electrons. The molecule has 0 fully saturated rings. The molecule has 0 bridgehead atoms. The summed E-state index contributed by atoms with van der Waals surface area (Å²) in [6.45, 7) is 7.48. The minimum absolute atomic E-state index is 0.455. The lowest BCUT2D eigenvalue weighted by atomic mass is 10.1. The Morgan fingerprint density at radius 1 is 1.18 bits per heavy atom. The lowest BCUT2D eigenvalue weighted by molar-refractivity contribution is 0.648. The molecule has 0 amide bonds. The number of hydrogen-bond acceptors (Lipinski definition) is 3. The zero-order valence-corrected chi connectivity index (χ0v) is 17.5. The van der Waals surface area contributed by atoms with Crippen LogP contribution in [0.2, 0.25) is 0 Å². The minimum atomic E-state index is 0.455. The van der Waals surface area contributed by atoms with Gasteiger partial charge in [-0.1, -0.05) is 43.3 Å². The monoisotopic (exact) mass is 395 g/mol. The number of hydrogen-bond donors (Lipinski definition) is 2. The maximum Gasteiger partial charge on any atom is 0.191 e. The van der Waals surface area contributed by atoms with E-state index in [4.69, 9.17) is 4.99 Å². The van der Waals surface area contributed by atoms with Gasteiger partial charge in [-0.3, -0.25) is 0 Å². The molecular weight excluding hydrogens is 366 g/mol. The van der Waals surface area contributed by atoms with Crippen molar-refractivity contribution in [3.63, 3.8) is 0 Å². The lowest BCUT2D eigenvalue weighted by Gasteiger charge is -2.15. The van der Waals surface area contributed by atoms with Crippen molar-refractivity contribution < 1.29 is 0 Å². The third-order valence-electron chi connectivity index (χ3n) is 4.61. The molecule has 3 rings (SSSR count). The van der Waals surface area contributed by atoms with Crippen molar-refractivity contribution in [1.29, 1.82) is 0 Å². The van der Waals surface area contributed by atoms with Crippen LogP contribution in [-0.4, -0.2) is 28.6 Å². The van der Waals surface area contributed by atoms with Crippen LogP contribution in [0.5, 0.6) is 0 Å². The Labute approximate surface area is 171 Å². The van der Waals surface area contributed by atoms with E-state index < -0.39 is 0 Å². The number of benzene rings is 1. The highest BCUT2D eigenvalue weighted by molar-refractivity contribution is 7.10. The Hall–Kier alpha value is -2.60. The van der Waals surface area contributed by atoms with E-state index in [9.17, 15) is 0 Å². The van der Waals surface area contributed by atoms with E-state index in [1.165, 1.54) is 10.4 Å². The fraction of sp³-hybridized carbons (Fsp3) is 0.364. The van der Waals surface area contributed by atoms with E-state index in [2.05, 4.69) is 81.9 Å². The highest BCUT2D eigenvalue weighted by Crippen LogP contribution is 2.19. The standard InChI is InChI=1S/C22H29N5S/c1-3-23-22(25-16-18(2)20-10-7-15-28-20)26-17-21-24-12-14-27(21)13-11-19-8-5-4-6-9-19/h4-10,12,14-15,18H,3,11,13,16-17H2,1-2H3,(H2,23,25,26). The number of thiophene rings is 1. The number of aryl methyl sites for hydroxylation is 2. The van der Waals surface area contributed by atoms with Crippen molar-refractivity contribution in [2.75, 3.05) is 13.1 Å². The summed E-state index contributed by atoms with van der Waals surface area (Å²) >= 11 is 1.80. The first-order chi connectivity index (χ1) is 13.8. The molecular formula is C22H29N5S. The Kier molecular flexibility index (Phi) is 7.67. The maximum atomic E-state index is 4.74. The molecule has 1 atom stereocenters. The number of imidazole rings is 1. The normalized spacial score (nSPS) is 12.7. The Morgan fingerprint density at radius 3 is 2.79 bits per heavy atom. The van der Waals surface area contributed by atoms with E-state index in [0.29, 0.717) is 12.5 Å². The van der Waals surface area contributed by atoms with Crippen LogP contribution in [0.25, 0.3) is 0 Å². The molecule has 2 N–H and O–H groups in total. The molecule has 3 aromatic rings. The summed E-state index contributed by atoms with van der Waals surface area (Å²) in [5.41, 5.74) is 1.34. The summed E-state index contributed by atoms with van der Waals surface area (Å²) in [5, 5.41) is 8.91. The van der Waals surface area contributed by atoms with E-state index in [0.717, 1.165) is 37.8 Å². The van der Waals surface area contributed by atoms with Crippen molar-refractivity contribution in [2.45, 2.75) is 39.3 Å². The van der Waals surface area contributed by atoms with Crippen molar-refractivity contribution >= 4 is 17.3 Å². The molecule has 0 saturated heterocycles. The van der Waals surface area contributed by atoms with E-state index in [-0.39, 0.29) is 0 Å². The predicted octanol–water partition coefficient (Wildman–Crippen LogP) is 4.05. The number of guanidine groups is 1. The van der Waals surface area contributed by atoms with Crippen LogP contribution in [0.1, 0.15) is 36.0 Å². The van der Waals surface area contributed by atoms with Crippen LogP contribution in [0.4, 0.5) is 0 Å². The third kappa shape index (κ3) is 5.96. The molecule has 0 saturated carbocycles. The SMILES string of the molecule is CCNC(=NCc1nccn1CCc1ccccc1)NCC(C)c1cccs1. The van der Waals surface area contributed by atoms with Crippen LogP contribution in [0.3, 0.4) is 0 Å². The maximum absolute atomic E-state index is 4.74. The summed E-state index contributed by atoms with van der Waals surface area (Å²) in [7, 11) is 0. The van der Waals surface area contributed by atoms with Crippen LogP contribution in [-0.2, 0) is 19.5 Å². The van der Waals surface area contributed by atoms with E-state index in [1.807, 2.05) is 12.4 Å². The first kappa shape index (κ1) is 20.1. The van der Waals surface area contributed by atoms with Gasteiger partial charge in [-0.2, -0.15) is 0 Å². The molecule has 6 heteroatoms. The number of rotatable bonds is 9. The molecule has 2 aromatic heterocycles. The molecule has 0 aliphatic heterocycles. The largest absolute Gasteiger partial charge is 0.357 e. The van der Waals surface area contributed by atoms with Crippen molar-refractivity contribution in [1.82, 2.24) is 20.2 Å². The van der Waals surface area contributed by atoms with Crippen molar-refractivity contribution in [2.24, 2.45) is 4.99 Å². The van der Waals surface area contributed by atoms with Gasteiger partial charge < -0.3 is 15.2 Å². The van der Waals surface area contributed by atoms with Gasteiger partial charge in [0.15, 0.2) is 5.96 Å². The summed E-state index contributed by atoms with van der Waals surface area (Å²) < 4.78 is 2.19. The van der Waals surface area contributed by atoms with Crippen molar-refractivity contribution in [3.05, 3.63) is 76.5 Å². The first-order valence-corrected chi connectivity index (χ1v) is 10.7. The molecule has 2 heterocycles. The van der Waals surface area contributed by atoms with Crippen LogP contribution in [0.15, 0.2) is 65.2 Å². The Bertz CT molecular complexity index is 839. The average molecular weight is 396 g/mol. The number of aromatic nitrogens is 2. The van der Waals surface area contributed by atoms with Crippen LogP contribution < -0.4 is 10.6 Å². The summed E-state index contributed by atoms with van der Waals surface area (Å²) in [4.78, 5) is 10.6. The fourth-order valence-corrected chi connectivity index (χ4v) is 3.79. The van der Waals surface area contributed by atoms with Crippen LogP contribution in [0, 0.1) is 0 Å². The van der Waals surface area contributed by atoms with E-state index >= 15 is 0 Å². The van der Waals surface area contributed by atoms with E-state index in [1.54, 1.807) is 11.3 Å². The first-order valence-electron chi connectivity index (χ1n) is 9.85. The molecule has 28 heavy (non-hydrogen) atoms. The van der Waals surface area contributed by atoms with Gasteiger partial charge in [0.05, 0.1) is 0 Å². The summed E-state index contributed by atoms with van der Waals surface area (Å²) in [6.07, 6.45) is 4.88.